The number of aromatic hydroxyl groups is 1. The number of ether oxygens (including phenoxy) is 1. The molecule has 0 aliphatic rings. The van der Waals surface area contributed by atoms with Crippen LogP contribution in [0.25, 0.3) is 11.1 Å². The van der Waals surface area contributed by atoms with E-state index in [0.29, 0.717) is 11.3 Å². The molecule has 94 valence electrons. The molecule has 2 aromatic rings. The highest BCUT2D eigenvalue weighted by Gasteiger charge is 2.04. The molecule has 2 N–H and O–H groups in total. The molecule has 0 saturated heterocycles. The molecule has 0 heterocycles. The summed E-state index contributed by atoms with van der Waals surface area (Å²) >= 11 is 0. The molecular weight excluding hydrogens is 235 g/mol. The molecule has 0 fully saturated rings. The minimum Gasteiger partial charge on any atom is -0.508 e. The lowest BCUT2D eigenvalue weighted by Gasteiger charge is -2.08. The van der Waals surface area contributed by atoms with E-state index in [0.717, 1.165) is 5.56 Å². The van der Waals surface area contributed by atoms with Crippen LogP contribution in [0.2, 0.25) is 0 Å². The molecule has 0 unspecified atom stereocenters. The Kier molecular flexibility index (Phi) is 3.79. The standard InChI is InChI=1S/C14H13FO3/c15-12-7-11(8-14(9-12)18-6-5-16)10-1-3-13(17)4-2-10/h1-4,7-9,16-17H,5-6H2. The fourth-order valence-corrected chi connectivity index (χ4v) is 1.63. The molecule has 0 amide bonds. The number of rotatable bonds is 4. The summed E-state index contributed by atoms with van der Waals surface area (Å²) < 4.78 is 18.6. The number of halogens is 1. The number of hydrogen-bond acceptors (Lipinski definition) is 3. The summed E-state index contributed by atoms with van der Waals surface area (Å²) in [5, 5.41) is 17.9. The first-order valence-corrected chi connectivity index (χ1v) is 5.53. The van der Waals surface area contributed by atoms with Crippen LogP contribution in [-0.4, -0.2) is 23.4 Å². The number of hydrogen-bond donors (Lipinski definition) is 2. The molecule has 0 aliphatic heterocycles. The minimum atomic E-state index is -0.409. The molecule has 0 bridgehead atoms. The van der Waals surface area contributed by atoms with Crippen molar-refractivity contribution in [3.05, 3.63) is 48.3 Å². The Morgan fingerprint density at radius 2 is 1.72 bits per heavy atom. The van der Waals surface area contributed by atoms with Gasteiger partial charge in [0.15, 0.2) is 0 Å². The maximum absolute atomic E-state index is 13.4. The van der Waals surface area contributed by atoms with Crippen molar-refractivity contribution in [1.82, 2.24) is 0 Å². The molecule has 0 radical (unpaired) electrons. The SMILES string of the molecule is OCCOc1cc(F)cc(-c2ccc(O)cc2)c1. The number of phenolic OH excluding ortho intramolecular Hbond substituents is 1. The number of benzene rings is 2. The summed E-state index contributed by atoms with van der Waals surface area (Å²) in [7, 11) is 0. The van der Waals surface area contributed by atoms with Gasteiger partial charge in [0.05, 0.1) is 6.61 Å². The van der Waals surface area contributed by atoms with Crippen molar-refractivity contribution in [3.8, 4) is 22.6 Å². The predicted molar refractivity (Wildman–Crippen MR) is 66.1 cm³/mol. The second-order valence-corrected chi connectivity index (χ2v) is 3.79. The van der Waals surface area contributed by atoms with E-state index in [9.17, 15) is 9.50 Å². The Balaban J connectivity index is 2.32. The van der Waals surface area contributed by atoms with E-state index in [1.165, 1.54) is 24.3 Å². The molecule has 2 rings (SSSR count). The van der Waals surface area contributed by atoms with E-state index in [1.807, 2.05) is 0 Å². The highest BCUT2D eigenvalue weighted by atomic mass is 19.1. The van der Waals surface area contributed by atoms with Gasteiger partial charge in [0.2, 0.25) is 0 Å². The van der Waals surface area contributed by atoms with Gasteiger partial charge in [-0.15, -0.1) is 0 Å². The van der Waals surface area contributed by atoms with Crippen LogP contribution in [-0.2, 0) is 0 Å². The molecule has 18 heavy (non-hydrogen) atoms. The Labute approximate surface area is 104 Å². The first kappa shape index (κ1) is 12.4. The lowest BCUT2D eigenvalue weighted by atomic mass is 10.1. The second kappa shape index (κ2) is 5.51. The van der Waals surface area contributed by atoms with Crippen molar-refractivity contribution >= 4 is 0 Å². The quantitative estimate of drug-likeness (QED) is 0.874. The van der Waals surface area contributed by atoms with Crippen molar-refractivity contribution < 1.29 is 19.3 Å². The lowest BCUT2D eigenvalue weighted by molar-refractivity contribution is 0.201. The Morgan fingerprint density at radius 1 is 1.00 bits per heavy atom. The van der Waals surface area contributed by atoms with Gasteiger partial charge in [0.25, 0.3) is 0 Å². The van der Waals surface area contributed by atoms with E-state index in [1.54, 1.807) is 18.2 Å². The third kappa shape index (κ3) is 2.99. The van der Waals surface area contributed by atoms with Crippen LogP contribution in [0.15, 0.2) is 42.5 Å². The maximum Gasteiger partial charge on any atom is 0.127 e. The number of aliphatic hydroxyl groups is 1. The van der Waals surface area contributed by atoms with Crippen LogP contribution in [0, 0.1) is 5.82 Å². The van der Waals surface area contributed by atoms with Gasteiger partial charge in [0, 0.05) is 6.07 Å². The molecule has 2 aromatic carbocycles. The van der Waals surface area contributed by atoms with Gasteiger partial charge < -0.3 is 14.9 Å². The monoisotopic (exact) mass is 248 g/mol. The number of phenols is 1. The van der Waals surface area contributed by atoms with E-state index in [-0.39, 0.29) is 19.0 Å². The van der Waals surface area contributed by atoms with Gasteiger partial charge in [-0.25, -0.2) is 4.39 Å². The summed E-state index contributed by atoms with van der Waals surface area (Å²) in [4.78, 5) is 0. The number of aliphatic hydroxyl groups excluding tert-OH is 1. The molecular formula is C14H13FO3. The van der Waals surface area contributed by atoms with Crippen molar-refractivity contribution in [2.45, 2.75) is 0 Å². The van der Waals surface area contributed by atoms with E-state index >= 15 is 0 Å². The van der Waals surface area contributed by atoms with Crippen LogP contribution < -0.4 is 4.74 Å². The Hall–Kier alpha value is -2.07. The smallest absolute Gasteiger partial charge is 0.127 e. The molecule has 0 atom stereocenters. The fourth-order valence-electron chi connectivity index (χ4n) is 1.63. The van der Waals surface area contributed by atoms with Crippen molar-refractivity contribution in [2.24, 2.45) is 0 Å². The normalized spacial score (nSPS) is 10.3. The third-order valence-corrected chi connectivity index (χ3v) is 2.43. The van der Waals surface area contributed by atoms with Crippen molar-refractivity contribution in [2.75, 3.05) is 13.2 Å². The largest absolute Gasteiger partial charge is 0.508 e. The highest BCUT2D eigenvalue weighted by molar-refractivity contribution is 5.65. The minimum absolute atomic E-state index is 0.120. The van der Waals surface area contributed by atoms with Gasteiger partial charge in [-0.05, 0) is 35.4 Å². The first-order valence-electron chi connectivity index (χ1n) is 5.53. The van der Waals surface area contributed by atoms with Crippen LogP contribution in [0.4, 0.5) is 4.39 Å². The summed E-state index contributed by atoms with van der Waals surface area (Å²) in [5.41, 5.74) is 1.43. The zero-order valence-corrected chi connectivity index (χ0v) is 9.64. The van der Waals surface area contributed by atoms with Crippen molar-refractivity contribution in [1.29, 1.82) is 0 Å². The molecule has 0 spiro atoms. The molecule has 4 heteroatoms. The van der Waals surface area contributed by atoms with E-state index < -0.39 is 5.82 Å². The van der Waals surface area contributed by atoms with Crippen LogP contribution in [0.5, 0.6) is 11.5 Å². The van der Waals surface area contributed by atoms with Gasteiger partial charge >= 0.3 is 0 Å². The Morgan fingerprint density at radius 3 is 2.39 bits per heavy atom. The van der Waals surface area contributed by atoms with Crippen LogP contribution in [0.1, 0.15) is 0 Å². The fraction of sp³-hybridized carbons (Fsp3) is 0.143. The molecule has 0 aliphatic carbocycles. The Bertz CT molecular complexity index is 523. The zero-order chi connectivity index (χ0) is 13.0. The second-order valence-electron chi connectivity index (χ2n) is 3.79. The summed E-state index contributed by atoms with van der Waals surface area (Å²) in [6.45, 7) is 0.00350. The van der Waals surface area contributed by atoms with Crippen molar-refractivity contribution in [3.63, 3.8) is 0 Å². The maximum atomic E-state index is 13.4. The average Bonchev–Trinajstić information content (AvgIpc) is 2.36. The van der Waals surface area contributed by atoms with Gasteiger partial charge in [-0.3, -0.25) is 0 Å². The van der Waals surface area contributed by atoms with Gasteiger partial charge in [-0.1, -0.05) is 12.1 Å². The highest BCUT2D eigenvalue weighted by Crippen LogP contribution is 2.26. The van der Waals surface area contributed by atoms with Crippen LogP contribution >= 0.6 is 0 Å². The lowest BCUT2D eigenvalue weighted by Crippen LogP contribution is -2.01. The summed E-state index contributed by atoms with van der Waals surface area (Å²) in [6.07, 6.45) is 0. The van der Waals surface area contributed by atoms with Gasteiger partial charge in [0.1, 0.15) is 23.9 Å². The van der Waals surface area contributed by atoms with E-state index in [4.69, 9.17) is 9.84 Å². The predicted octanol–water partition coefficient (Wildman–Crippen LogP) is 2.57. The van der Waals surface area contributed by atoms with Crippen LogP contribution in [0.3, 0.4) is 0 Å². The average molecular weight is 248 g/mol. The van der Waals surface area contributed by atoms with E-state index in [2.05, 4.69) is 0 Å². The van der Waals surface area contributed by atoms with Gasteiger partial charge in [-0.2, -0.15) is 0 Å². The summed E-state index contributed by atoms with van der Waals surface area (Å²) in [6, 6.07) is 10.8. The topological polar surface area (TPSA) is 49.7 Å². The first-order chi connectivity index (χ1) is 8.69. The molecule has 0 aromatic heterocycles. The zero-order valence-electron chi connectivity index (χ0n) is 9.64. The summed E-state index contributed by atoms with van der Waals surface area (Å²) in [5.74, 6) is 0.118. The third-order valence-electron chi connectivity index (χ3n) is 2.43. The molecule has 0 saturated carbocycles. The molecule has 3 nitrogen and oxygen atoms in total.